The number of rotatable bonds is 6. The molecule has 0 aromatic carbocycles. The molecular formula is C20H33Cl2N3OS. The van der Waals surface area contributed by atoms with E-state index in [9.17, 15) is 4.79 Å². The first kappa shape index (κ1) is 23.0. The number of amides is 1. The van der Waals surface area contributed by atoms with Gasteiger partial charge in [-0.3, -0.25) is 9.69 Å². The van der Waals surface area contributed by atoms with Gasteiger partial charge in [-0.2, -0.15) is 0 Å². The average molecular weight is 434 g/mol. The normalized spacial score (nSPS) is 30.2. The Morgan fingerprint density at radius 3 is 2.67 bits per heavy atom. The summed E-state index contributed by atoms with van der Waals surface area (Å²) in [4.78, 5) is 16.4. The predicted molar refractivity (Wildman–Crippen MR) is 117 cm³/mol. The highest BCUT2D eigenvalue weighted by Gasteiger charge is 2.34. The van der Waals surface area contributed by atoms with Crippen LogP contribution in [-0.4, -0.2) is 42.5 Å². The summed E-state index contributed by atoms with van der Waals surface area (Å²) in [5.74, 6) is 1.49. The van der Waals surface area contributed by atoms with Gasteiger partial charge in [0.15, 0.2) is 0 Å². The van der Waals surface area contributed by atoms with Crippen LogP contribution in [-0.2, 0) is 11.3 Å². The number of carbonyl (C=O) groups excluding carboxylic acids is 1. The molecule has 3 unspecified atom stereocenters. The lowest BCUT2D eigenvalue weighted by molar-refractivity contribution is -0.122. The molecule has 1 aromatic heterocycles. The van der Waals surface area contributed by atoms with E-state index in [0.717, 1.165) is 26.1 Å². The SMILES string of the molecule is Cl.Cl.O=C(CC1CC2CCC(C1)N2)NCC1CCCN(Cc2cccs2)C1. The Morgan fingerprint density at radius 2 is 1.96 bits per heavy atom. The highest BCUT2D eigenvalue weighted by Crippen LogP contribution is 2.32. The van der Waals surface area contributed by atoms with Crippen molar-refractivity contribution in [1.29, 1.82) is 0 Å². The highest BCUT2D eigenvalue weighted by molar-refractivity contribution is 7.09. The van der Waals surface area contributed by atoms with Crippen LogP contribution in [0.15, 0.2) is 17.5 Å². The largest absolute Gasteiger partial charge is 0.356 e. The molecule has 4 nitrogen and oxygen atoms in total. The van der Waals surface area contributed by atoms with Crippen LogP contribution in [0.25, 0.3) is 0 Å². The third kappa shape index (κ3) is 6.60. The molecule has 0 saturated carbocycles. The molecule has 154 valence electrons. The number of piperidine rings is 2. The Morgan fingerprint density at radius 1 is 1.19 bits per heavy atom. The second-order valence-corrected chi connectivity index (χ2v) is 9.34. The van der Waals surface area contributed by atoms with Crippen molar-refractivity contribution in [3.8, 4) is 0 Å². The molecule has 3 aliphatic heterocycles. The van der Waals surface area contributed by atoms with Gasteiger partial charge in [0, 0.05) is 43.0 Å². The number of fused-ring (bicyclic) bond motifs is 2. The van der Waals surface area contributed by atoms with Crippen molar-refractivity contribution in [1.82, 2.24) is 15.5 Å². The number of likely N-dealkylation sites (tertiary alicyclic amines) is 1. The topological polar surface area (TPSA) is 44.4 Å². The van der Waals surface area contributed by atoms with Gasteiger partial charge < -0.3 is 10.6 Å². The zero-order chi connectivity index (χ0) is 17.1. The minimum Gasteiger partial charge on any atom is -0.356 e. The van der Waals surface area contributed by atoms with Crippen LogP contribution in [0.3, 0.4) is 0 Å². The summed E-state index contributed by atoms with van der Waals surface area (Å²) in [6.45, 7) is 4.24. The first-order valence-corrected chi connectivity index (χ1v) is 10.9. The number of halogens is 2. The molecule has 0 radical (unpaired) electrons. The number of hydrogen-bond donors (Lipinski definition) is 2. The summed E-state index contributed by atoms with van der Waals surface area (Å²) >= 11 is 1.84. The molecule has 7 heteroatoms. The second-order valence-electron chi connectivity index (χ2n) is 8.31. The van der Waals surface area contributed by atoms with Crippen LogP contribution in [0.1, 0.15) is 49.8 Å². The fraction of sp³-hybridized carbons (Fsp3) is 0.750. The quantitative estimate of drug-likeness (QED) is 0.715. The van der Waals surface area contributed by atoms with E-state index in [2.05, 4.69) is 33.0 Å². The van der Waals surface area contributed by atoms with Crippen molar-refractivity contribution < 1.29 is 4.79 Å². The smallest absolute Gasteiger partial charge is 0.220 e. The summed E-state index contributed by atoms with van der Waals surface area (Å²) in [5, 5.41) is 9.07. The molecule has 3 saturated heterocycles. The van der Waals surface area contributed by atoms with Crippen LogP contribution >= 0.6 is 36.2 Å². The third-order valence-corrected chi connectivity index (χ3v) is 7.06. The summed E-state index contributed by atoms with van der Waals surface area (Å²) in [6, 6.07) is 5.72. The summed E-state index contributed by atoms with van der Waals surface area (Å²) < 4.78 is 0. The van der Waals surface area contributed by atoms with Gasteiger partial charge in [0.05, 0.1) is 0 Å². The molecule has 2 N–H and O–H groups in total. The minimum atomic E-state index is 0. The molecule has 3 fully saturated rings. The number of nitrogens with zero attached hydrogens (tertiary/aromatic N) is 1. The minimum absolute atomic E-state index is 0. The fourth-order valence-electron chi connectivity index (χ4n) is 5.02. The van der Waals surface area contributed by atoms with Gasteiger partial charge in [-0.25, -0.2) is 0 Å². The predicted octanol–water partition coefficient (Wildman–Crippen LogP) is 3.84. The van der Waals surface area contributed by atoms with Crippen LogP contribution in [0.4, 0.5) is 0 Å². The maximum absolute atomic E-state index is 12.4. The third-order valence-electron chi connectivity index (χ3n) is 6.20. The van der Waals surface area contributed by atoms with Gasteiger partial charge in [-0.15, -0.1) is 36.2 Å². The van der Waals surface area contributed by atoms with Gasteiger partial charge >= 0.3 is 0 Å². The maximum Gasteiger partial charge on any atom is 0.220 e. The van der Waals surface area contributed by atoms with E-state index in [0.29, 0.717) is 23.9 Å². The standard InChI is InChI=1S/C20H31N3OS.2ClH/c24-20(11-16-9-17-5-6-18(10-16)22-17)21-12-15-3-1-7-23(13-15)14-19-4-2-8-25-19;;/h2,4,8,15-18,22H,1,3,5-7,9-14H2,(H,21,24);2*1H. The molecule has 0 spiro atoms. The van der Waals surface area contributed by atoms with Crippen molar-refractivity contribution >= 4 is 42.1 Å². The average Bonchev–Trinajstić information content (AvgIpc) is 3.23. The number of hydrogen-bond acceptors (Lipinski definition) is 4. The molecule has 2 bridgehead atoms. The monoisotopic (exact) mass is 433 g/mol. The van der Waals surface area contributed by atoms with E-state index in [1.807, 2.05) is 11.3 Å². The van der Waals surface area contributed by atoms with E-state index < -0.39 is 0 Å². The van der Waals surface area contributed by atoms with Crippen molar-refractivity contribution in [2.45, 2.75) is 63.6 Å². The summed E-state index contributed by atoms with van der Waals surface area (Å²) in [5.41, 5.74) is 0. The molecule has 4 heterocycles. The summed E-state index contributed by atoms with van der Waals surface area (Å²) in [7, 11) is 0. The van der Waals surface area contributed by atoms with Crippen LogP contribution < -0.4 is 10.6 Å². The second kappa shape index (κ2) is 11.0. The van der Waals surface area contributed by atoms with E-state index in [4.69, 9.17) is 0 Å². The maximum atomic E-state index is 12.4. The Kier molecular flexibility index (Phi) is 9.36. The molecule has 3 atom stereocenters. The van der Waals surface area contributed by atoms with Gasteiger partial charge in [-0.05, 0) is 68.4 Å². The summed E-state index contributed by atoms with van der Waals surface area (Å²) in [6.07, 6.45) is 8.25. The van der Waals surface area contributed by atoms with Crippen molar-refractivity contribution in [3.05, 3.63) is 22.4 Å². The first-order chi connectivity index (χ1) is 12.2. The Bertz CT molecular complexity index is 560. The van der Waals surface area contributed by atoms with Gasteiger partial charge in [0.2, 0.25) is 5.91 Å². The van der Waals surface area contributed by atoms with E-state index in [-0.39, 0.29) is 30.7 Å². The van der Waals surface area contributed by atoms with Crippen LogP contribution in [0.5, 0.6) is 0 Å². The Balaban J connectivity index is 0.00000131. The van der Waals surface area contributed by atoms with Crippen LogP contribution in [0, 0.1) is 11.8 Å². The van der Waals surface area contributed by atoms with E-state index >= 15 is 0 Å². The van der Waals surface area contributed by atoms with Gasteiger partial charge in [0.1, 0.15) is 0 Å². The van der Waals surface area contributed by atoms with Gasteiger partial charge in [0.25, 0.3) is 0 Å². The van der Waals surface area contributed by atoms with Crippen molar-refractivity contribution in [2.24, 2.45) is 11.8 Å². The Hall–Kier alpha value is -0.330. The van der Waals surface area contributed by atoms with Gasteiger partial charge in [-0.1, -0.05) is 6.07 Å². The lowest BCUT2D eigenvalue weighted by Crippen LogP contribution is -2.42. The lowest BCUT2D eigenvalue weighted by Gasteiger charge is -2.33. The van der Waals surface area contributed by atoms with Crippen molar-refractivity contribution in [3.63, 3.8) is 0 Å². The zero-order valence-corrected chi connectivity index (χ0v) is 18.3. The molecule has 1 aromatic rings. The molecule has 4 rings (SSSR count). The number of thiophene rings is 1. The highest BCUT2D eigenvalue weighted by atomic mass is 35.5. The molecule has 27 heavy (non-hydrogen) atoms. The lowest BCUT2D eigenvalue weighted by atomic mass is 9.89. The fourth-order valence-corrected chi connectivity index (χ4v) is 5.76. The molecule has 0 aliphatic carbocycles. The van der Waals surface area contributed by atoms with Crippen molar-refractivity contribution in [2.75, 3.05) is 19.6 Å². The molecule has 1 amide bonds. The zero-order valence-electron chi connectivity index (χ0n) is 15.9. The van der Waals surface area contributed by atoms with E-state index in [1.54, 1.807) is 0 Å². The molecular weight excluding hydrogens is 401 g/mol. The number of nitrogens with one attached hydrogen (secondary N) is 2. The molecule has 3 aliphatic rings. The van der Waals surface area contributed by atoms with E-state index in [1.165, 1.54) is 49.9 Å². The van der Waals surface area contributed by atoms with Crippen LogP contribution in [0.2, 0.25) is 0 Å². The first-order valence-electron chi connectivity index (χ1n) is 10.0. The number of carbonyl (C=O) groups is 1. The Labute approximate surface area is 179 Å².